The molecule has 7 rings (SSSR count). The smallest absolute Gasteiger partial charge is 0.272 e. The Balaban J connectivity index is 1.02. The SMILES string of the molecule is CC(C)(O)CN1N=C(C(=O)NC2CC3(C2)CC(c2n[nH]c(=O)c4ccccc24)C3)C2C=CC(c3ccccc3)=CC21. The number of allylic oxidation sites excluding steroid dienone is 2. The predicted octanol–water partition coefficient (Wildman–Crippen LogP) is 4.15. The Morgan fingerprint density at radius 2 is 1.78 bits per heavy atom. The minimum atomic E-state index is -0.949. The van der Waals surface area contributed by atoms with Crippen LogP contribution < -0.4 is 10.9 Å². The zero-order valence-corrected chi connectivity index (χ0v) is 23.4. The van der Waals surface area contributed by atoms with Gasteiger partial charge in [0.2, 0.25) is 0 Å². The number of β-amino-alcohol motifs (C(OH)–C–C–N with tert-alkyl or cyclic N) is 1. The summed E-state index contributed by atoms with van der Waals surface area (Å²) in [5, 5.41) is 29.2. The van der Waals surface area contributed by atoms with E-state index >= 15 is 0 Å². The van der Waals surface area contributed by atoms with E-state index in [9.17, 15) is 14.7 Å². The van der Waals surface area contributed by atoms with Crippen LogP contribution in [0.5, 0.6) is 0 Å². The van der Waals surface area contributed by atoms with Gasteiger partial charge in [0.05, 0.1) is 35.2 Å². The quantitative estimate of drug-likeness (QED) is 0.428. The van der Waals surface area contributed by atoms with E-state index in [0.717, 1.165) is 47.9 Å². The second-order valence-corrected chi connectivity index (χ2v) is 12.9. The van der Waals surface area contributed by atoms with Crippen LogP contribution in [-0.2, 0) is 4.79 Å². The monoisotopic (exact) mass is 549 g/mol. The molecule has 8 heteroatoms. The molecule has 3 aliphatic carbocycles. The van der Waals surface area contributed by atoms with E-state index in [4.69, 9.17) is 5.10 Å². The van der Waals surface area contributed by atoms with Gasteiger partial charge in [-0.2, -0.15) is 10.2 Å². The number of nitrogens with zero attached hydrogens (tertiary/aromatic N) is 3. The van der Waals surface area contributed by atoms with Crippen LogP contribution in [0.25, 0.3) is 16.3 Å². The van der Waals surface area contributed by atoms with Crippen molar-refractivity contribution < 1.29 is 9.90 Å². The second-order valence-electron chi connectivity index (χ2n) is 12.9. The maximum absolute atomic E-state index is 13.5. The van der Waals surface area contributed by atoms with Crippen molar-refractivity contribution in [3.05, 3.63) is 94.4 Å². The minimum absolute atomic E-state index is 0.121. The number of fused-ring (bicyclic) bond motifs is 2. The van der Waals surface area contributed by atoms with Crippen LogP contribution in [0.3, 0.4) is 0 Å². The zero-order chi connectivity index (χ0) is 28.4. The van der Waals surface area contributed by atoms with Gasteiger partial charge < -0.3 is 10.4 Å². The Hall–Kier alpha value is -4.04. The molecule has 3 N–H and O–H groups in total. The molecule has 3 aromatic rings. The number of hydrogen-bond donors (Lipinski definition) is 3. The number of aromatic nitrogens is 2. The van der Waals surface area contributed by atoms with E-state index in [0.29, 0.717) is 23.6 Å². The van der Waals surface area contributed by atoms with Crippen molar-refractivity contribution in [1.82, 2.24) is 20.5 Å². The normalized spacial score (nSPS) is 28.5. The van der Waals surface area contributed by atoms with Gasteiger partial charge in [0.25, 0.3) is 11.5 Å². The van der Waals surface area contributed by atoms with Gasteiger partial charge in [-0.1, -0.05) is 66.8 Å². The van der Waals surface area contributed by atoms with Crippen molar-refractivity contribution in [3.8, 4) is 0 Å². The fraction of sp³-hybridized carbons (Fsp3) is 0.394. The molecule has 8 nitrogen and oxygen atoms in total. The summed E-state index contributed by atoms with van der Waals surface area (Å²) in [5.74, 6) is 0.0386. The number of hydrazone groups is 1. The molecule has 2 heterocycles. The lowest BCUT2D eigenvalue weighted by molar-refractivity contribution is -0.118. The number of carbonyl (C=O) groups is 1. The summed E-state index contributed by atoms with van der Waals surface area (Å²) in [7, 11) is 0. The first-order valence-corrected chi connectivity index (χ1v) is 14.5. The third kappa shape index (κ3) is 4.70. The van der Waals surface area contributed by atoms with Gasteiger partial charge in [0.15, 0.2) is 0 Å². The largest absolute Gasteiger partial charge is 0.389 e. The molecule has 0 radical (unpaired) electrons. The van der Waals surface area contributed by atoms with Gasteiger partial charge in [-0.3, -0.25) is 14.6 Å². The number of nitrogens with one attached hydrogen (secondary N) is 2. The van der Waals surface area contributed by atoms with Gasteiger partial charge in [-0.05, 0) is 62.1 Å². The first-order valence-electron chi connectivity index (χ1n) is 14.5. The number of benzene rings is 2. The lowest BCUT2D eigenvalue weighted by atomic mass is 9.49. The lowest BCUT2D eigenvalue weighted by Crippen LogP contribution is -2.57. The van der Waals surface area contributed by atoms with E-state index in [1.54, 1.807) is 13.8 Å². The third-order valence-corrected chi connectivity index (χ3v) is 9.15. The van der Waals surface area contributed by atoms with Crippen LogP contribution in [0.4, 0.5) is 0 Å². The first kappa shape index (κ1) is 25.9. The van der Waals surface area contributed by atoms with E-state index in [1.807, 2.05) is 47.5 Å². The Bertz CT molecular complexity index is 1650. The van der Waals surface area contributed by atoms with E-state index < -0.39 is 5.60 Å². The number of rotatable bonds is 6. The molecule has 1 spiro atoms. The summed E-state index contributed by atoms with van der Waals surface area (Å²) >= 11 is 0. The van der Waals surface area contributed by atoms with Crippen molar-refractivity contribution in [3.63, 3.8) is 0 Å². The number of amides is 1. The van der Waals surface area contributed by atoms with Crippen LogP contribution in [-0.4, -0.2) is 56.2 Å². The fourth-order valence-corrected chi connectivity index (χ4v) is 7.32. The van der Waals surface area contributed by atoms with Crippen LogP contribution in [0, 0.1) is 11.3 Å². The molecule has 1 aliphatic heterocycles. The highest BCUT2D eigenvalue weighted by molar-refractivity contribution is 6.40. The highest BCUT2D eigenvalue weighted by Crippen LogP contribution is 2.62. The summed E-state index contributed by atoms with van der Waals surface area (Å²) in [6, 6.07) is 17.8. The van der Waals surface area contributed by atoms with Gasteiger partial charge in [0, 0.05) is 17.3 Å². The van der Waals surface area contributed by atoms with Crippen molar-refractivity contribution in [2.75, 3.05) is 6.54 Å². The summed E-state index contributed by atoms with van der Waals surface area (Å²) < 4.78 is 0. The van der Waals surface area contributed by atoms with Crippen molar-refractivity contribution >= 4 is 28.0 Å². The molecule has 1 amide bonds. The summed E-state index contributed by atoms with van der Waals surface area (Å²) in [5.41, 5.74) is 2.82. The molecule has 2 atom stereocenters. The summed E-state index contributed by atoms with van der Waals surface area (Å²) in [6.45, 7) is 3.86. The molecular formula is C33H35N5O3. The van der Waals surface area contributed by atoms with Gasteiger partial charge in [-0.15, -0.1) is 0 Å². The third-order valence-electron chi connectivity index (χ3n) is 9.15. The Kier molecular flexibility index (Phi) is 6.01. The zero-order valence-electron chi connectivity index (χ0n) is 23.4. The van der Waals surface area contributed by atoms with Gasteiger partial charge in [0.1, 0.15) is 5.71 Å². The van der Waals surface area contributed by atoms with E-state index in [-0.39, 0.29) is 34.9 Å². The van der Waals surface area contributed by atoms with E-state index in [2.05, 4.69) is 45.9 Å². The summed E-state index contributed by atoms with van der Waals surface area (Å²) in [4.78, 5) is 25.7. The standard InChI is InChI=1S/C33H35N5O3/c1-32(2,41)19-38-27-14-21(20-8-4-3-5-9-20)12-13-26(27)29(37-38)31(40)34-23-17-33(18-23)15-22(16-33)28-24-10-6-7-11-25(24)30(39)36-35-28/h3-14,22-23,26-27,41H,15-19H2,1-2H3,(H,34,40)(H,36,39). The number of aromatic amines is 1. The van der Waals surface area contributed by atoms with Crippen LogP contribution >= 0.6 is 0 Å². The molecule has 2 aromatic carbocycles. The number of hydrogen-bond acceptors (Lipinski definition) is 6. The average molecular weight is 550 g/mol. The molecule has 2 fully saturated rings. The number of carbonyl (C=O) groups excluding carboxylic acids is 1. The molecular weight excluding hydrogens is 514 g/mol. The number of aliphatic hydroxyl groups is 1. The Morgan fingerprint density at radius 1 is 1.07 bits per heavy atom. The topological polar surface area (TPSA) is 111 Å². The lowest BCUT2D eigenvalue weighted by Gasteiger charge is -2.57. The molecule has 0 bridgehead atoms. The van der Waals surface area contributed by atoms with Gasteiger partial charge in [-0.25, -0.2) is 5.10 Å². The van der Waals surface area contributed by atoms with Crippen molar-refractivity contribution in [2.24, 2.45) is 16.4 Å². The second kappa shape index (κ2) is 9.52. The van der Waals surface area contributed by atoms with Crippen LogP contribution in [0.15, 0.2) is 82.7 Å². The summed E-state index contributed by atoms with van der Waals surface area (Å²) in [6.07, 6.45) is 10.2. The van der Waals surface area contributed by atoms with Crippen LogP contribution in [0.1, 0.15) is 56.7 Å². The highest BCUT2D eigenvalue weighted by Gasteiger charge is 2.54. The molecule has 41 heavy (non-hydrogen) atoms. The van der Waals surface area contributed by atoms with Crippen molar-refractivity contribution in [1.29, 1.82) is 0 Å². The average Bonchev–Trinajstić information content (AvgIpc) is 3.27. The molecule has 210 valence electrons. The van der Waals surface area contributed by atoms with Crippen LogP contribution in [0.2, 0.25) is 0 Å². The van der Waals surface area contributed by atoms with Gasteiger partial charge >= 0.3 is 0 Å². The Morgan fingerprint density at radius 3 is 2.51 bits per heavy atom. The van der Waals surface area contributed by atoms with E-state index in [1.165, 1.54) is 0 Å². The Labute approximate surface area is 238 Å². The molecule has 4 aliphatic rings. The highest BCUT2D eigenvalue weighted by atomic mass is 16.3. The fourth-order valence-electron chi connectivity index (χ4n) is 7.32. The predicted molar refractivity (Wildman–Crippen MR) is 159 cm³/mol. The minimum Gasteiger partial charge on any atom is -0.389 e. The first-order chi connectivity index (χ1) is 19.7. The molecule has 1 aromatic heterocycles. The van der Waals surface area contributed by atoms with Crippen molar-refractivity contribution in [2.45, 2.75) is 63.1 Å². The molecule has 2 unspecified atom stereocenters. The number of H-pyrrole nitrogens is 1. The maximum Gasteiger partial charge on any atom is 0.272 e. The maximum atomic E-state index is 13.5. The molecule has 0 saturated heterocycles. The molecule has 2 saturated carbocycles.